The van der Waals surface area contributed by atoms with Crippen molar-refractivity contribution in [2.75, 3.05) is 7.11 Å². The van der Waals surface area contributed by atoms with Crippen molar-refractivity contribution in [3.8, 4) is 0 Å². The number of methoxy groups -OCH3 is 1. The minimum absolute atomic E-state index is 0.274. The van der Waals surface area contributed by atoms with Gasteiger partial charge >= 0.3 is 5.97 Å². The summed E-state index contributed by atoms with van der Waals surface area (Å²) in [6, 6.07) is 5.63. The Kier molecular flexibility index (Phi) is 3.08. The summed E-state index contributed by atoms with van der Waals surface area (Å²) in [6.45, 7) is 2.85. The van der Waals surface area contributed by atoms with Crippen LogP contribution in [0.1, 0.15) is 35.0 Å². The largest absolute Gasteiger partial charge is 0.465 e. The molecule has 1 aliphatic rings. The Morgan fingerprint density at radius 1 is 1.35 bits per heavy atom. The molecule has 0 bridgehead atoms. The number of aromatic nitrogens is 1. The fourth-order valence-corrected chi connectivity index (χ4v) is 3.18. The summed E-state index contributed by atoms with van der Waals surface area (Å²) in [5.41, 5.74) is 3.76. The number of rotatable bonds is 2. The summed E-state index contributed by atoms with van der Waals surface area (Å²) < 4.78 is 7.03. The highest BCUT2D eigenvalue weighted by molar-refractivity contribution is 6.06. The fraction of sp³-hybridized carbons (Fsp3) is 0.375. The second-order valence-corrected chi connectivity index (χ2v) is 5.08. The molecule has 1 aromatic heterocycles. The number of ketones is 1. The number of hydrogen-bond acceptors (Lipinski definition) is 3. The van der Waals surface area contributed by atoms with Gasteiger partial charge in [-0.2, -0.15) is 0 Å². The summed E-state index contributed by atoms with van der Waals surface area (Å²) in [5, 5.41) is 1.01. The van der Waals surface area contributed by atoms with E-state index in [0.717, 1.165) is 29.4 Å². The van der Waals surface area contributed by atoms with Gasteiger partial charge in [0, 0.05) is 30.5 Å². The van der Waals surface area contributed by atoms with Gasteiger partial charge < -0.3 is 9.30 Å². The molecule has 3 rings (SSSR count). The lowest BCUT2D eigenvalue weighted by molar-refractivity contribution is -0.118. The van der Waals surface area contributed by atoms with Crippen LogP contribution in [0.15, 0.2) is 18.2 Å². The van der Waals surface area contributed by atoms with Crippen LogP contribution in [0.4, 0.5) is 0 Å². The highest BCUT2D eigenvalue weighted by atomic mass is 16.5. The van der Waals surface area contributed by atoms with E-state index in [9.17, 15) is 9.59 Å². The van der Waals surface area contributed by atoms with Crippen molar-refractivity contribution in [3.63, 3.8) is 0 Å². The van der Waals surface area contributed by atoms with E-state index in [2.05, 4.69) is 11.5 Å². The first-order valence-corrected chi connectivity index (χ1v) is 6.90. The van der Waals surface area contributed by atoms with Crippen LogP contribution >= 0.6 is 0 Å². The van der Waals surface area contributed by atoms with Gasteiger partial charge in [0.1, 0.15) is 5.78 Å². The SMILES string of the molecule is CCn1c2c(c3cccc(C(=O)OC)c31)CC(=O)CC2. The summed E-state index contributed by atoms with van der Waals surface area (Å²) in [4.78, 5) is 23.7. The quantitative estimate of drug-likeness (QED) is 0.788. The fourth-order valence-electron chi connectivity index (χ4n) is 3.18. The van der Waals surface area contributed by atoms with Crippen LogP contribution in [0.3, 0.4) is 0 Å². The maximum Gasteiger partial charge on any atom is 0.340 e. The zero-order chi connectivity index (χ0) is 14.3. The van der Waals surface area contributed by atoms with E-state index in [4.69, 9.17) is 4.74 Å². The Bertz CT molecular complexity index is 712. The Hall–Kier alpha value is -2.10. The number of carbonyl (C=O) groups is 2. The molecule has 1 aliphatic carbocycles. The first-order chi connectivity index (χ1) is 9.67. The molecule has 0 amide bonds. The molecule has 104 valence electrons. The Labute approximate surface area is 117 Å². The Balaban J connectivity index is 2.36. The minimum atomic E-state index is -0.327. The molecule has 0 N–H and O–H groups in total. The Morgan fingerprint density at radius 3 is 2.85 bits per heavy atom. The molecular formula is C16H17NO3. The molecular weight excluding hydrogens is 254 g/mol. The number of hydrogen-bond donors (Lipinski definition) is 0. The van der Waals surface area contributed by atoms with E-state index >= 15 is 0 Å². The second-order valence-electron chi connectivity index (χ2n) is 5.08. The molecule has 0 aliphatic heterocycles. The highest BCUT2D eigenvalue weighted by Crippen LogP contribution is 2.33. The van der Waals surface area contributed by atoms with Crippen LogP contribution in [0.5, 0.6) is 0 Å². The number of carbonyl (C=O) groups excluding carboxylic acids is 2. The third-order valence-corrected chi connectivity index (χ3v) is 4.04. The predicted molar refractivity (Wildman–Crippen MR) is 76.0 cm³/mol. The molecule has 0 saturated carbocycles. The van der Waals surface area contributed by atoms with Gasteiger partial charge in [0.15, 0.2) is 0 Å². The number of Topliss-reactive ketones (excluding diaryl/α,β-unsaturated/α-hetero) is 1. The van der Waals surface area contributed by atoms with E-state index in [-0.39, 0.29) is 11.8 Å². The molecule has 0 fully saturated rings. The lowest BCUT2D eigenvalue weighted by Crippen LogP contribution is -2.15. The predicted octanol–water partition coefficient (Wildman–Crippen LogP) is 2.51. The topological polar surface area (TPSA) is 48.3 Å². The van der Waals surface area contributed by atoms with Crippen molar-refractivity contribution in [2.45, 2.75) is 32.7 Å². The van der Waals surface area contributed by atoms with Crippen molar-refractivity contribution in [2.24, 2.45) is 0 Å². The van der Waals surface area contributed by atoms with E-state index in [1.54, 1.807) is 6.07 Å². The molecule has 1 heterocycles. The molecule has 0 radical (unpaired) electrons. The van der Waals surface area contributed by atoms with Crippen molar-refractivity contribution in [1.82, 2.24) is 4.57 Å². The van der Waals surface area contributed by atoms with E-state index < -0.39 is 0 Å². The monoisotopic (exact) mass is 271 g/mol. The van der Waals surface area contributed by atoms with Gasteiger partial charge in [-0.3, -0.25) is 4.79 Å². The summed E-state index contributed by atoms with van der Waals surface area (Å²) >= 11 is 0. The van der Waals surface area contributed by atoms with E-state index in [1.165, 1.54) is 12.8 Å². The molecule has 4 heteroatoms. The van der Waals surface area contributed by atoms with Gasteiger partial charge in [-0.05, 0) is 25.0 Å². The van der Waals surface area contributed by atoms with Gasteiger partial charge in [0.25, 0.3) is 0 Å². The number of para-hydroxylation sites is 1. The lowest BCUT2D eigenvalue weighted by Gasteiger charge is -2.14. The number of esters is 1. The van der Waals surface area contributed by atoms with Gasteiger partial charge in [-0.1, -0.05) is 12.1 Å². The third-order valence-electron chi connectivity index (χ3n) is 4.04. The first kappa shape index (κ1) is 12.9. The number of fused-ring (bicyclic) bond motifs is 3. The smallest absolute Gasteiger partial charge is 0.340 e. The zero-order valence-corrected chi connectivity index (χ0v) is 11.7. The first-order valence-electron chi connectivity index (χ1n) is 6.90. The number of nitrogens with zero attached hydrogens (tertiary/aromatic N) is 1. The molecule has 0 spiro atoms. The summed E-state index contributed by atoms with van der Waals surface area (Å²) in [6.07, 6.45) is 1.83. The Morgan fingerprint density at radius 2 is 2.15 bits per heavy atom. The van der Waals surface area contributed by atoms with Gasteiger partial charge in [-0.25, -0.2) is 4.79 Å². The van der Waals surface area contributed by atoms with Gasteiger partial charge in [0.05, 0.1) is 18.2 Å². The van der Waals surface area contributed by atoms with Gasteiger partial charge in [-0.15, -0.1) is 0 Å². The maximum absolute atomic E-state index is 12.0. The van der Waals surface area contributed by atoms with E-state index in [1.807, 2.05) is 12.1 Å². The van der Waals surface area contributed by atoms with E-state index in [0.29, 0.717) is 18.4 Å². The van der Waals surface area contributed by atoms with Crippen molar-refractivity contribution >= 4 is 22.7 Å². The van der Waals surface area contributed by atoms with Crippen molar-refractivity contribution < 1.29 is 14.3 Å². The van der Waals surface area contributed by atoms with Crippen LogP contribution in [0.25, 0.3) is 10.9 Å². The number of aryl methyl sites for hydroxylation is 1. The summed E-state index contributed by atoms with van der Waals surface area (Å²) in [5.74, 6) is -0.0532. The van der Waals surface area contributed by atoms with Gasteiger partial charge in [0.2, 0.25) is 0 Å². The normalized spacial score (nSPS) is 14.4. The molecule has 1 aromatic carbocycles. The third kappa shape index (κ3) is 1.75. The number of benzene rings is 1. The average Bonchev–Trinajstić information content (AvgIpc) is 2.79. The van der Waals surface area contributed by atoms with Crippen LogP contribution in [-0.2, 0) is 28.9 Å². The molecule has 0 atom stereocenters. The number of ether oxygens (including phenoxy) is 1. The standard InChI is InChI=1S/C16H17NO3/c1-3-17-14-8-7-10(18)9-13(14)11-5-4-6-12(15(11)17)16(19)20-2/h4-6H,3,7-9H2,1-2H3. The molecule has 2 aromatic rings. The minimum Gasteiger partial charge on any atom is -0.465 e. The van der Waals surface area contributed by atoms with Crippen LogP contribution in [-0.4, -0.2) is 23.4 Å². The molecule has 0 saturated heterocycles. The highest BCUT2D eigenvalue weighted by Gasteiger charge is 2.25. The molecule has 4 nitrogen and oxygen atoms in total. The summed E-state index contributed by atoms with van der Waals surface area (Å²) in [7, 11) is 1.39. The van der Waals surface area contributed by atoms with Crippen molar-refractivity contribution in [1.29, 1.82) is 0 Å². The zero-order valence-electron chi connectivity index (χ0n) is 11.7. The molecule has 0 unspecified atom stereocenters. The lowest BCUT2D eigenvalue weighted by atomic mass is 9.94. The van der Waals surface area contributed by atoms with Crippen molar-refractivity contribution in [3.05, 3.63) is 35.0 Å². The van der Waals surface area contributed by atoms with Crippen LogP contribution in [0.2, 0.25) is 0 Å². The molecule has 20 heavy (non-hydrogen) atoms. The second kappa shape index (κ2) is 4.78. The average molecular weight is 271 g/mol. The van der Waals surface area contributed by atoms with Crippen LogP contribution < -0.4 is 0 Å². The maximum atomic E-state index is 12.0. The van der Waals surface area contributed by atoms with Crippen LogP contribution in [0, 0.1) is 0 Å².